The predicted molar refractivity (Wildman–Crippen MR) is 91.3 cm³/mol. The van der Waals surface area contributed by atoms with Crippen LogP contribution in [0.1, 0.15) is 12.5 Å². The van der Waals surface area contributed by atoms with Gasteiger partial charge < -0.3 is 24.6 Å². The number of carbonyl (C=O) groups is 2. The largest absolute Gasteiger partial charge is 0.493 e. The van der Waals surface area contributed by atoms with Gasteiger partial charge in [0.05, 0.1) is 27.3 Å². The van der Waals surface area contributed by atoms with E-state index in [9.17, 15) is 9.59 Å². The van der Waals surface area contributed by atoms with Crippen molar-refractivity contribution in [3.05, 3.63) is 23.8 Å². The Kier molecular flexibility index (Phi) is 8.05. The lowest BCUT2D eigenvalue weighted by Crippen LogP contribution is -3.08. The van der Waals surface area contributed by atoms with Crippen LogP contribution in [0.15, 0.2) is 18.2 Å². The topological polar surface area (TPSA) is 72.3 Å². The molecule has 7 nitrogen and oxygen atoms in total. The van der Waals surface area contributed by atoms with Gasteiger partial charge in [-0.15, -0.1) is 0 Å². The lowest BCUT2D eigenvalue weighted by atomic mass is 10.2. The van der Waals surface area contributed by atoms with Gasteiger partial charge in [-0.05, 0) is 25.1 Å². The van der Waals surface area contributed by atoms with E-state index in [1.807, 2.05) is 32.2 Å². The number of carbonyl (C=O) groups excluding carboxylic acids is 2. The number of ether oxygens (including phenoxy) is 2. The van der Waals surface area contributed by atoms with Crippen molar-refractivity contribution in [2.45, 2.75) is 13.5 Å². The van der Waals surface area contributed by atoms with Crippen molar-refractivity contribution in [1.29, 1.82) is 0 Å². The Bertz CT molecular complexity index is 561. The summed E-state index contributed by atoms with van der Waals surface area (Å²) in [4.78, 5) is 25.8. The molecule has 1 rings (SSSR count). The minimum atomic E-state index is -0.152. The number of benzene rings is 1. The van der Waals surface area contributed by atoms with Crippen molar-refractivity contribution in [3.8, 4) is 11.5 Å². The molecule has 2 amide bonds. The lowest BCUT2D eigenvalue weighted by Gasteiger charge is -2.16. The molecule has 0 fully saturated rings. The first-order chi connectivity index (χ1) is 11.4. The van der Waals surface area contributed by atoms with Crippen LogP contribution in [0, 0.1) is 0 Å². The van der Waals surface area contributed by atoms with Gasteiger partial charge in [-0.2, -0.15) is 0 Å². The maximum atomic E-state index is 11.9. The highest BCUT2D eigenvalue weighted by Gasteiger charge is 2.14. The summed E-state index contributed by atoms with van der Waals surface area (Å²) in [5, 5.41) is 2.63. The molecule has 0 aliphatic carbocycles. The molecule has 0 saturated heterocycles. The zero-order chi connectivity index (χ0) is 18.1. The quantitative estimate of drug-likeness (QED) is 0.625. The van der Waals surface area contributed by atoms with Gasteiger partial charge in [0.25, 0.3) is 5.91 Å². The molecule has 7 heteroatoms. The minimum Gasteiger partial charge on any atom is -0.493 e. The highest BCUT2D eigenvalue weighted by atomic mass is 16.5. The number of hydrogen-bond acceptors (Lipinski definition) is 4. The third-order valence-corrected chi connectivity index (χ3v) is 3.43. The fraction of sp³-hybridized carbons (Fsp3) is 0.529. The average molecular weight is 338 g/mol. The number of nitrogens with one attached hydrogen (secondary N) is 2. The standard InChI is InChI=1S/C17H27N3O4/c1-6-24-14-8-7-13(9-15(14)23-5)11-20(4)12-16(21)18-10-17(22)19(2)3/h7-9H,6,10-12H2,1-5H3,(H,18,21)/p+1. The van der Waals surface area contributed by atoms with E-state index in [0.717, 1.165) is 10.5 Å². The molecular formula is C17H28N3O4+. The fourth-order valence-corrected chi connectivity index (χ4v) is 2.18. The smallest absolute Gasteiger partial charge is 0.275 e. The van der Waals surface area contributed by atoms with E-state index < -0.39 is 0 Å². The van der Waals surface area contributed by atoms with Crippen LogP contribution < -0.4 is 19.7 Å². The Morgan fingerprint density at radius 1 is 1.25 bits per heavy atom. The van der Waals surface area contributed by atoms with E-state index >= 15 is 0 Å². The molecule has 1 unspecified atom stereocenters. The molecule has 0 radical (unpaired) electrons. The summed E-state index contributed by atoms with van der Waals surface area (Å²) in [5.74, 6) is 1.11. The number of methoxy groups -OCH3 is 1. The summed E-state index contributed by atoms with van der Waals surface area (Å²) in [5.41, 5.74) is 1.05. The van der Waals surface area contributed by atoms with Gasteiger partial charge in [0.15, 0.2) is 18.0 Å². The molecule has 1 aromatic carbocycles. The lowest BCUT2D eigenvalue weighted by molar-refractivity contribution is -0.885. The number of rotatable bonds is 9. The van der Waals surface area contributed by atoms with Crippen molar-refractivity contribution >= 4 is 11.8 Å². The van der Waals surface area contributed by atoms with E-state index in [1.54, 1.807) is 21.2 Å². The van der Waals surface area contributed by atoms with Crippen LogP contribution in [0.5, 0.6) is 11.5 Å². The monoisotopic (exact) mass is 338 g/mol. The van der Waals surface area contributed by atoms with E-state index in [4.69, 9.17) is 9.47 Å². The molecule has 0 bridgehead atoms. The van der Waals surface area contributed by atoms with E-state index in [0.29, 0.717) is 24.7 Å². The van der Waals surface area contributed by atoms with E-state index in [-0.39, 0.29) is 24.9 Å². The zero-order valence-corrected chi connectivity index (χ0v) is 15.1. The molecule has 0 aliphatic rings. The van der Waals surface area contributed by atoms with Crippen LogP contribution in [0.4, 0.5) is 0 Å². The molecule has 0 heterocycles. The fourth-order valence-electron chi connectivity index (χ4n) is 2.18. The van der Waals surface area contributed by atoms with Crippen molar-refractivity contribution in [3.63, 3.8) is 0 Å². The number of quaternary nitrogens is 1. The Hall–Kier alpha value is -2.28. The summed E-state index contributed by atoms with van der Waals surface area (Å²) in [7, 11) is 6.85. The Morgan fingerprint density at radius 2 is 1.96 bits per heavy atom. The van der Waals surface area contributed by atoms with Crippen molar-refractivity contribution in [2.75, 3.05) is 47.9 Å². The molecule has 2 N–H and O–H groups in total. The van der Waals surface area contributed by atoms with Crippen LogP contribution >= 0.6 is 0 Å². The second-order valence-electron chi connectivity index (χ2n) is 5.79. The normalized spacial score (nSPS) is 11.5. The number of amides is 2. The van der Waals surface area contributed by atoms with E-state index in [2.05, 4.69) is 5.32 Å². The summed E-state index contributed by atoms with van der Waals surface area (Å²) < 4.78 is 10.8. The number of hydrogen-bond donors (Lipinski definition) is 2. The maximum absolute atomic E-state index is 11.9. The van der Waals surface area contributed by atoms with Crippen LogP contribution in [0.25, 0.3) is 0 Å². The van der Waals surface area contributed by atoms with Crippen LogP contribution in [0.3, 0.4) is 0 Å². The summed E-state index contributed by atoms with van der Waals surface area (Å²) in [6.07, 6.45) is 0. The van der Waals surface area contributed by atoms with Gasteiger partial charge in [0, 0.05) is 19.7 Å². The second kappa shape index (κ2) is 9.77. The molecular weight excluding hydrogens is 310 g/mol. The highest BCUT2D eigenvalue weighted by molar-refractivity contribution is 5.84. The summed E-state index contributed by atoms with van der Waals surface area (Å²) >= 11 is 0. The van der Waals surface area contributed by atoms with E-state index in [1.165, 1.54) is 4.90 Å². The molecule has 0 saturated carbocycles. The zero-order valence-electron chi connectivity index (χ0n) is 15.1. The molecule has 1 atom stereocenters. The molecule has 0 aliphatic heterocycles. The van der Waals surface area contributed by atoms with Crippen LogP contribution in [0.2, 0.25) is 0 Å². The summed E-state index contributed by atoms with van der Waals surface area (Å²) in [6.45, 7) is 3.47. The molecule has 134 valence electrons. The molecule has 1 aromatic rings. The number of likely N-dealkylation sites (N-methyl/N-ethyl adjacent to an activating group) is 2. The van der Waals surface area contributed by atoms with Gasteiger partial charge in [0.2, 0.25) is 5.91 Å². The van der Waals surface area contributed by atoms with Crippen LogP contribution in [-0.4, -0.2) is 64.7 Å². The maximum Gasteiger partial charge on any atom is 0.275 e. The SMILES string of the molecule is CCOc1ccc(C[NH+](C)CC(=O)NCC(=O)N(C)C)cc1OC. The minimum absolute atomic E-state index is 0.0238. The Labute approximate surface area is 143 Å². The Morgan fingerprint density at radius 3 is 2.54 bits per heavy atom. The third-order valence-electron chi connectivity index (χ3n) is 3.43. The van der Waals surface area contributed by atoms with Crippen molar-refractivity contribution < 1.29 is 24.0 Å². The highest BCUT2D eigenvalue weighted by Crippen LogP contribution is 2.27. The van der Waals surface area contributed by atoms with Gasteiger partial charge in [0.1, 0.15) is 6.54 Å². The van der Waals surface area contributed by atoms with Gasteiger partial charge in [-0.3, -0.25) is 9.59 Å². The Balaban J connectivity index is 2.53. The van der Waals surface area contributed by atoms with Gasteiger partial charge in [-0.1, -0.05) is 0 Å². The predicted octanol–water partition coefficient (Wildman–Crippen LogP) is -0.687. The molecule has 0 spiro atoms. The first-order valence-electron chi connectivity index (χ1n) is 7.95. The summed E-state index contributed by atoms with van der Waals surface area (Å²) in [6, 6.07) is 5.76. The second-order valence-corrected chi connectivity index (χ2v) is 5.79. The van der Waals surface area contributed by atoms with Crippen molar-refractivity contribution in [1.82, 2.24) is 10.2 Å². The average Bonchev–Trinajstić information content (AvgIpc) is 2.53. The van der Waals surface area contributed by atoms with Gasteiger partial charge >= 0.3 is 0 Å². The van der Waals surface area contributed by atoms with Gasteiger partial charge in [-0.25, -0.2) is 0 Å². The first kappa shape index (κ1) is 19.8. The third kappa shape index (κ3) is 6.45. The number of nitrogens with zero attached hydrogens (tertiary/aromatic N) is 1. The molecule has 0 aromatic heterocycles. The van der Waals surface area contributed by atoms with Crippen molar-refractivity contribution in [2.24, 2.45) is 0 Å². The molecule has 24 heavy (non-hydrogen) atoms. The first-order valence-corrected chi connectivity index (χ1v) is 7.95. The van der Waals surface area contributed by atoms with Crippen LogP contribution in [-0.2, 0) is 16.1 Å².